The van der Waals surface area contributed by atoms with Crippen LogP contribution >= 0.6 is 24.0 Å². The van der Waals surface area contributed by atoms with Crippen molar-refractivity contribution in [2.45, 2.75) is 20.0 Å². The monoisotopic (exact) mass is 429 g/mol. The molecule has 0 saturated carbocycles. The fraction of sp³-hybridized carbons (Fsp3) is 0.375. The van der Waals surface area contributed by atoms with Gasteiger partial charge in [-0.2, -0.15) is 0 Å². The van der Waals surface area contributed by atoms with Gasteiger partial charge in [0.2, 0.25) is 5.88 Å². The molecule has 0 fully saturated rings. The minimum atomic E-state index is 0. The average Bonchev–Trinajstić information content (AvgIpc) is 3.05. The SMILES string of the molecule is CCOc1cc(CNC(=NC)NCCn2cccc2)ccn1.I. The zero-order chi connectivity index (χ0) is 15.6. The third kappa shape index (κ3) is 6.89. The van der Waals surface area contributed by atoms with Crippen LogP contribution in [0.5, 0.6) is 5.88 Å². The molecule has 0 bridgehead atoms. The second-order valence-electron chi connectivity index (χ2n) is 4.71. The van der Waals surface area contributed by atoms with Crippen LogP contribution in [-0.2, 0) is 13.1 Å². The van der Waals surface area contributed by atoms with Gasteiger partial charge in [0.25, 0.3) is 0 Å². The zero-order valence-electron chi connectivity index (χ0n) is 13.5. The summed E-state index contributed by atoms with van der Waals surface area (Å²) in [4.78, 5) is 8.37. The fourth-order valence-electron chi connectivity index (χ4n) is 2.02. The number of hydrogen-bond donors (Lipinski definition) is 2. The van der Waals surface area contributed by atoms with Gasteiger partial charge < -0.3 is 19.9 Å². The van der Waals surface area contributed by atoms with E-state index in [4.69, 9.17) is 4.74 Å². The summed E-state index contributed by atoms with van der Waals surface area (Å²) >= 11 is 0. The van der Waals surface area contributed by atoms with Crippen LogP contribution in [0.25, 0.3) is 0 Å². The van der Waals surface area contributed by atoms with Crippen LogP contribution in [0.2, 0.25) is 0 Å². The second-order valence-corrected chi connectivity index (χ2v) is 4.71. The molecular weight excluding hydrogens is 405 g/mol. The van der Waals surface area contributed by atoms with Crippen LogP contribution in [0.1, 0.15) is 12.5 Å². The molecule has 2 N–H and O–H groups in total. The van der Waals surface area contributed by atoms with Gasteiger partial charge in [0, 0.05) is 51.3 Å². The van der Waals surface area contributed by atoms with Crippen molar-refractivity contribution in [2.24, 2.45) is 4.99 Å². The van der Waals surface area contributed by atoms with E-state index in [9.17, 15) is 0 Å². The largest absolute Gasteiger partial charge is 0.478 e. The van der Waals surface area contributed by atoms with Gasteiger partial charge in [-0.25, -0.2) is 4.98 Å². The van der Waals surface area contributed by atoms with Gasteiger partial charge in [-0.1, -0.05) is 0 Å². The first kappa shape index (κ1) is 19.3. The van der Waals surface area contributed by atoms with Crippen molar-refractivity contribution in [2.75, 3.05) is 20.2 Å². The van der Waals surface area contributed by atoms with Crippen molar-refractivity contribution >= 4 is 29.9 Å². The molecule has 0 saturated heterocycles. The second kappa shape index (κ2) is 10.9. The summed E-state index contributed by atoms with van der Waals surface area (Å²) in [6.45, 7) is 4.95. The number of guanidine groups is 1. The number of halogens is 1. The Morgan fingerprint density at radius 3 is 2.78 bits per heavy atom. The Hall–Kier alpha value is -1.77. The van der Waals surface area contributed by atoms with Crippen molar-refractivity contribution < 1.29 is 4.74 Å². The van der Waals surface area contributed by atoms with Crippen molar-refractivity contribution in [1.82, 2.24) is 20.2 Å². The van der Waals surface area contributed by atoms with E-state index in [2.05, 4.69) is 25.2 Å². The lowest BCUT2D eigenvalue weighted by molar-refractivity contribution is 0.326. The lowest BCUT2D eigenvalue weighted by Gasteiger charge is -2.12. The first-order chi connectivity index (χ1) is 10.8. The predicted octanol–water partition coefficient (Wildman–Crippen LogP) is 2.27. The number of rotatable bonds is 7. The van der Waals surface area contributed by atoms with Gasteiger partial charge in [0.15, 0.2) is 5.96 Å². The van der Waals surface area contributed by atoms with Crippen LogP contribution in [0, 0.1) is 0 Å². The average molecular weight is 429 g/mol. The molecule has 2 heterocycles. The van der Waals surface area contributed by atoms with E-state index >= 15 is 0 Å². The molecule has 23 heavy (non-hydrogen) atoms. The molecule has 0 spiro atoms. The maximum Gasteiger partial charge on any atom is 0.213 e. The first-order valence-electron chi connectivity index (χ1n) is 7.45. The minimum absolute atomic E-state index is 0. The van der Waals surface area contributed by atoms with Crippen molar-refractivity contribution in [3.63, 3.8) is 0 Å². The summed E-state index contributed by atoms with van der Waals surface area (Å²) in [5, 5.41) is 6.57. The van der Waals surface area contributed by atoms with Crippen LogP contribution in [0.3, 0.4) is 0 Å². The summed E-state index contributed by atoms with van der Waals surface area (Å²) in [6, 6.07) is 7.94. The van der Waals surface area contributed by atoms with E-state index < -0.39 is 0 Å². The highest BCUT2D eigenvalue weighted by Crippen LogP contribution is 2.08. The molecule has 7 heteroatoms. The number of nitrogens with zero attached hydrogens (tertiary/aromatic N) is 3. The molecule has 2 aromatic heterocycles. The van der Waals surface area contributed by atoms with Crippen LogP contribution in [-0.4, -0.2) is 35.7 Å². The lowest BCUT2D eigenvalue weighted by atomic mass is 10.2. The summed E-state index contributed by atoms with van der Waals surface area (Å²) in [7, 11) is 1.77. The zero-order valence-corrected chi connectivity index (χ0v) is 15.9. The smallest absolute Gasteiger partial charge is 0.213 e. The Labute approximate surface area is 154 Å². The van der Waals surface area contributed by atoms with Gasteiger partial charge >= 0.3 is 0 Å². The molecule has 0 aliphatic rings. The molecule has 2 rings (SSSR count). The maximum atomic E-state index is 5.40. The summed E-state index contributed by atoms with van der Waals surface area (Å²) < 4.78 is 7.52. The van der Waals surface area contributed by atoms with Crippen molar-refractivity contribution in [3.05, 3.63) is 48.4 Å². The lowest BCUT2D eigenvalue weighted by Crippen LogP contribution is -2.38. The number of pyridine rings is 1. The van der Waals surface area contributed by atoms with Crippen LogP contribution in [0.15, 0.2) is 47.8 Å². The van der Waals surface area contributed by atoms with Crippen molar-refractivity contribution in [1.29, 1.82) is 0 Å². The number of aliphatic imine (C=N–C) groups is 1. The number of nitrogens with one attached hydrogen (secondary N) is 2. The third-order valence-electron chi connectivity index (χ3n) is 3.10. The highest BCUT2D eigenvalue weighted by Gasteiger charge is 2.00. The number of hydrogen-bond acceptors (Lipinski definition) is 3. The third-order valence-corrected chi connectivity index (χ3v) is 3.10. The van der Waals surface area contributed by atoms with E-state index in [-0.39, 0.29) is 24.0 Å². The highest BCUT2D eigenvalue weighted by atomic mass is 127. The Balaban J connectivity index is 0.00000264. The molecule has 2 aromatic rings. The van der Waals surface area contributed by atoms with Crippen molar-refractivity contribution in [3.8, 4) is 5.88 Å². The molecule has 0 aliphatic carbocycles. The minimum Gasteiger partial charge on any atom is -0.478 e. The normalized spacial score (nSPS) is 10.8. The van der Waals surface area contributed by atoms with Gasteiger partial charge in [0.1, 0.15) is 0 Å². The van der Waals surface area contributed by atoms with Gasteiger partial charge in [0.05, 0.1) is 6.61 Å². The van der Waals surface area contributed by atoms with E-state index in [1.54, 1.807) is 13.2 Å². The molecular formula is C16H24IN5O. The van der Waals surface area contributed by atoms with E-state index in [1.165, 1.54) is 0 Å². The standard InChI is InChI=1S/C16H23N5O.HI/c1-3-22-15-12-14(6-7-18-15)13-20-16(17-2)19-8-11-21-9-4-5-10-21;/h4-7,9-10,12H,3,8,11,13H2,1-2H3,(H2,17,19,20);1H. The number of ether oxygens (including phenoxy) is 1. The van der Waals surface area contributed by atoms with E-state index in [1.807, 2.05) is 43.6 Å². The Kier molecular flexibility index (Phi) is 9.11. The molecule has 6 nitrogen and oxygen atoms in total. The molecule has 0 amide bonds. The first-order valence-corrected chi connectivity index (χ1v) is 7.45. The summed E-state index contributed by atoms with van der Waals surface area (Å²) in [6.07, 6.45) is 5.85. The molecule has 0 unspecified atom stereocenters. The fourth-order valence-corrected chi connectivity index (χ4v) is 2.02. The highest BCUT2D eigenvalue weighted by molar-refractivity contribution is 14.0. The van der Waals surface area contributed by atoms with Gasteiger partial charge in [-0.15, -0.1) is 24.0 Å². The van der Waals surface area contributed by atoms with Crippen LogP contribution in [0.4, 0.5) is 0 Å². The van der Waals surface area contributed by atoms with E-state index in [0.29, 0.717) is 19.0 Å². The van der Waals surface area contributed by atoms with Gasteiger partial charge in [-0.3, -0.25) is 4.99 Å². The van der Waals surface area contributed by atoms with Gasteiger partial charge in [-0.05, 0) is 30.7 Å². The maximum absolute atomic E-state index is 5.40. The van der Waals surface area contributed by atoms with Crippen LogP contribution < -0.4 is 15.4 Å². The topological polar surface area (TPSA) is 63.5 Å². The molecule has 0 aliphatic heterocycles. The Bertz CT molecular complexity index is 586. The molecule has 0 aromatic carbocycles. The predicted molar refractivity (Wildman–Crippen MR) is 103 cm³/mol. The van der Waals surface area contributed by atoms with E-state index in [0.717, 1.165) is 24.6 Å². The molecule has 0 radical (unpaired) electrons. The molecule has 0 atom stereocenters. The summed E-state index contributed by atoms with van der Waals surface area (Å²) in [5.74, 6) is 1.43. The number of aromatic nitrogens is 2. The summed E-state index contributed by atoms with van der Waals surface area (Å²) in [5.41, 5.74) is 1.10. The Morgan fingerprint density at radius 1 is 1.30 bits per heavy atom. The Morgan fingerprint density at radius 2 is 2.09 bits per heavy atom. The quantitative estimate of drug-likeness (QED) is 0.403. The molecule has 126 valence electrons.